The molecule has 0 aliphatic carbocycles. The summed E-state index contributed by atoms with van der Waals surface area (Å²) in [6.45, 7) is 2.57. The first kappa shape index (κ1) is 13.0. The smallest absolute Gasteiger partial charge is 0.194 e. The maximum atomic E-state index is 12.8. The first-order chi connectivity index (χ1) is 7.56. The second kappa shape index (κ2) is 5.86. The van der Waals surface area contributed by atoms with Crippen LogP contribution in [0.2, 0.25) is 0 Å². The minimum Gasteiger partial charge on any atom is -0.388 e. The quantitative estimate of drug-likeness (QED) is 0.626. The first-order valence-electron chi connectivity index (χ1n) is 4.96. The van der Waals surface area contributed by atoms with E-state index in [-0.39, 0.29) is 18.6 Å². The lowest BCUT2D eigenvalue weighted by Crippen LogP contribution is -2.05. The van der Waals surface area contributed by atoms with Crippen LogP contribution in [0, 0.1) is 17.5 Å². The number of hydrogen-bond donors (Lipinski definition) is 1. The molecule has 0 aliphatic heterocycles. The van der Waals surface area contributed by atoms with Gasteiger partial charge in [-0.15, -0.1) is 0 Å². The van der Waals surface area contributed by atoms with Crippen LogP contribution >= 0.6 is 0 Å². The van der Waals surface area contributed by atoms with Crippen molar-refractivity contribution in [2.75, 3.05) is 13.2 Å². The third-order valence-corrected chi connectivity index (χ3v) is 2.13. The van der Waals surface area contributed by atoms with Gasteiger partial charge in [0.15, 0.2) is 17.5 Å². The van der Waals surface area contributed by atoms with Crippen LogP contribution in [0.4, 0.5) is 13.2 Å². The van der Waals surface area contributed by atoms with Crippen LogP contribution in [0.1, 0.15) is 25.0 Å². The fraction of sp³-hybridized carbons (Fsp3) is 0.455. The van der Waals surface area contributed by atoms with Gasteiger partial charge >= 0.3 is 0 Å². The Morgan fingerprint density at radius 3 is 2.31 bits per heavy atom. The van der Waals surface area contributed by atoms with Crippen LogP contribution in [0.25, 0.3) is 0 Å². The molecule has 5 heteroatoms. The van der Waals surface area contributed by atoms with Crippen LogP contribution < -0.4 is 0 Å². The number of benzene rings is 1. The van der Waals surface area contributed by atoms with E-state index in [0.717, 1.165) is 12.1 Å². The van der Waals surface area contributed by atoms with Gasteiger partial charge in [0.25, 0.3) is 0 Å². The molecule has 0 aromatic heterocycles. The molecule has 0 amide bonds. The lowest BCUT2D eigenvalue weighted by molar-refractivity contribution is 0.0882. The van der Waals surface area contributed by atoms with Gasteiger partial charge in [-0.3, -0.25) is 0 Å². The van der Waals surface area contributed by atoms with Crippen molar-refractivity contribution in [3.8, 4) is 0 Å². The van der Waals surface area contributed by atoms with E-state index >= 15 is 0 Å². The summed E-state index contributed by atoms with van der Waals surface area (Å²) in [6.07, 6.45) is -0.852. The molecule has 1 N–H and O–H groups in total. The normalized spacial score (nSPS) is 12.8. The molecule has 0 saturated heterocycles. The minimum absolute atomic E-state index is 0.0103. The summed E-state index contributed by atoms with van der Waals surface area (Å²) < 4.78 is 43.3. The number of aliphatic hydroxyl groups is 1. The van der Waals surface area contributed by atoms with E-state index in [4.69, 9.17) is 4.74 Å². The van der Waals surface area contributed by atoms with Crippen molar-refractivity contribution in [1.29, 1.82) is 0 Å². The van der Waals surface area contributed by atoms with Gasteiger partial charge in [-0.2, -0.15) is 0 Å². The number of hydrogen-bond acceptors (Lipinski definition) is 2. The average Bonchev–Trinajstić information content (AvgIpc) is 2.25. The predicted octanol–water partition coefficient (Wildman–Crippen LogP) is 2.56. The van der Waals surface area contributed by atoms with Gasteiger partial charge in [0.1, 0.15) is 0 Å². The van der Waals surface area contributed by atoms with Crippen LogP contribution in [-0.2, 0) is 4.74 Å². The zero-order valence-corrected chi connectivity index (χ0v) is 8.84. The van der Waals surface area contributed by atoms with Crippen molar-refractivity contribution in [3.63, 3.8) is 0 Å². The van der Waals surface area contributed by atoms with Gasteiger partial charge in [0.05, 0.1) is 6.10 Å². The third kappa shape index (κ3) is 3.21. The molecular weight excluding hydrogens is 221 g/mol. The van der Waals surface area contributed by atoms with Gasteiger partial charge in [0.2, 0.25) is 0 Å². The molecule has 1 aromatic carbocycles. The number of rotatable bonds is 5. The summed E-state index contributed by atoms with van der Waals surface area (Å²) in [6, 6.07) is 1.57. The number of halogens is 3. The van der Waals surface area contributed by atoms with E-state index in [1.165, 1.54) is 0 Å². The molecule has 0 spiro atoms. The molecule has 16 heavy (non-hydrogen) atoms. The van der Waals surface area contributed by atoms with Gasteiger partial charge in [0, 0.05) is 19.6 Å². The maximum absolute atomic E-state index is 12.8. The SMILES string of the molecule is CCOCCC(O)c1cc(F)c(F)c(F)c1. The average molecular weight is 234 g/mol. The van der Waals surface area contributed by atoms with E-state index in [1.54, 1.807) is 6.92 Å². The highest BCUT2D eigenvalue weighted by Crippen LogP contribution is 2.21. The standard InChI is InChI=1S/C11H13F3O2/c1-2-16-4-3-10(15)7-5-8(12)11(14)9(13)6-7/h5-6,10,15H,2-4H2,1H3. The minimum atomic E-state index is -1.53. The summed E-state index contributed by atoms with van der Waals surface area (Å²) in [5.74, 6) is -4.13. The Morgan fingerprint density at radius 1 is 1.25 bits per heavy atom. The Bertz CT molecular complexity index is 332. The molecule has 1 atom stereocenters. The van der Waals surface area contributed by atoms with E-state index in [1.807, 2.05) is 0 Å². The van der Waals surface area contributed by atoms with Crippen LogP contribution in [0.15, 0.2) is 12.1 Å². The second-order valence-electron chi connectivity index (χ2n) is 3.30. The summed E-state index contributed by atoms with van der Waals surface area (Å²) in [4.78, 5) is 0. The Morgan fingerprint density at radius 2 is 1.81 bits per heavy atom. The summed E-state index contributed by atoms with van der Waals surface area (Å²) >= 11 is 0. The fourth-order valence-electron chi connectivity index (χ4n) is 1.27. The first-order valence-corrected chi connectivity index (χ1v) is 4.96. The third-order valence-electron chi connectivity index (χ3n) is 2.13. The van der Waals surface area contributed by atoms with Crippen LogP contribution in [0.3, 0.4) is 0 Å². The molecule has 0 heterocycles. The van der Waals surface area contributed by atoms with Gasteiger partial charge < -0.3 is 9.84 Å². The number of ether oxygens (including phenoxy) is 1. The predicted molar refractivity (Wildman–Crippen MR) is 52.4 cm³/mol. The van der Waals surface area contributed by atoms with Crippen LogP contribution in [-0.4, -0.2) is 18.3 Å². The number of aliphatic hydroxyl groups excluding tert-OH is 1. The zero-order chi connectivity index (χ0) is 12.1. The van der Waals surface area contributed by atoms with Crippen molar-refractivity contribution in [3.05, 3.63) is 35.1 Å². The van der Waals surface area contributed by atoms with Crippen LogP contribution in [0.5, 0.6) is 0 Å². The highest BCUT2D eigenvalue weighted by molar-refractivity contribution is 5.21. The molecule has 90 valence electrons. The fourth-order valence-corrected chi connectivity index (χ4v) is 1.27. The van der Waals surface area contributed by atoms with Crippen molar-refractivity contribution in [1.82, 2.24) is 0 Å². The molecule has 0 saturated carbocycles. The summed E-state index contributed by atoms with van der Waals surface area (Å²) in [5, 5.41) is 9.55. The molecular formula is C11H13F3O2. The molecule has 1 unspecified atom stereocenters. The van der Waals surface area contributed by atoms with Crippen molar-refractivity contribution in [2.45, 2.75) is 19.4 Å². The monoisotopic (exact) mass is 234 g/mol. The Labute approximate surface area is 91.7 Å². The van der Waals surface area contributed by atoms with Crippen molar-refractivity contribution >= 4 is 0 Å². The van der Waals surface area contributed by atoms with E-state index < -0.39 is 23.6 Å². The van der Waals surface area contributed by atoms with Gasteiger partial charge in [-0.25, -0.2) is 13.2 Å². The summed E-state index contributed by atoms with van der Waals surface area (Å²) in [7, 11) is 0. The van der Waals surface area contributed by atoms with Crippen molar-refractivity contribution in [2.24, 2.45) is 0 Å². The van der Waals surface area contributed by atoms with Crippen molar-refractivity contribution < 1.29 is 23.0 Å². The second-order valence-corrected chi connectivity index (χ2v) is 3.30. The van der Waals surface area contributed by atoms with E-state index in [9.17, 15) is 18.3 Å². The molecule has 1 aromatic rings. The Kier molecular flexibility index (Phi) is 4.76. The topological polar surface area (TPSA) is 29.5 Å². The Balaban J connectivity index is 2.72. The largest absolute Gasteiger partial charge is 0.388 e. The molecule has 0 radical (unpaired) electrons. The maximum Gasteiger partial charge on any atom is 0.194 e. The molecule has 2 nitrogen and oxygen atoms in total. The molecule has 0 bridgehead atoms. The van der Waals surface area contributed by atoms with Gasteiger partial charge in [-0.1, -0.05) is 0 Å². The Hall–Kier alpha value is -1.07. The lowest BCUT2D eigenvalue weighted by atomic mass is 10.1. The zero-order valence-electron chi connectivity index (χ0n) is 8.84. The van der Waals surface area contributed by atoms with Gasteiger partial charge in [-0.05, 0) is 24.6 Å². The highest BCUT2D eigenvalue weighted by Gasteiger charge is 2.15. The molecule has 0 fully saturated rings. The molecule has 0 aliphatic rings. The molecule has 1 rings (SSSR count). The summed E-state index contributed by atoms with van der Waals surface area (Å²) in [5.41, 5.74) is 0.0103. The van der Waals surface area contributed by atoms with E-state index in [0.29, 0.717) is 6.61 Å². The lowest BCUT2D eigenvalue weighted by Gasteiger charge is -2.11. The van der Waals surface area contributed by atoms with E-state index in [2.05, 4.69) is 0 Å². The highest BCUT2D eigenvalue weighted by atomic mass is 19.2.